The first kappa shape index (κ1) is 15.8. The lowest BCUT2D eigenvalue weighted by Crippen LogP contribution is -2.28. The van der Waals surface area contributed by atoms with Crippen LogP contribution in [0.25, 0.3) is 0 Å². The molecule has 22 heavy (non-hydrogen) atoms. The summed E-state index contributed by atoms with van der Waals surface area (Å²) in [4.78, 5) is 11.7. The van der Waals surface area contributed by atoms with Gasteiger partial charge in [-0.3, -0.25) is 4.79 Å². The molecule has 2 aromatic carbocycles. The van der Waals surface area contributed by atoms with Gasteiger partial charge in [0.1, 0.15) is 12.4 Å². The zero-order valence-corrected chi connectivity index (χ0v) is 11.2. The molecule has 0 unspecified atom stereocenters. The first-order valence-electron chi connectivity index (χ1n) is 6.28. The number of halogens is 4. The lowest BCUT2D eigenvalue weighted by Gasteiger charge is -2.08. The predicted octanol–water partition coefficient (Wildman–Crippen LogP) is 3.05. The van der Waals surface area contributed by atoms with Gasteiger partial charge in [0.25, 0.3) is 5.91 Å². The molecular weight excluding hydrogens is 302 g/mol. The second kappa shape index (κ2) is 6.93. The van der Waals surface area contributed by atoms with E-state index in [4.69, 9.17) is 4.74 Å². The normalized spacial score (nSPS) is 10.4. The maximum atomic E-state index is 13.0. The highest BCUT2D eigenvalue weighted by Crippen LogP contribution is 2.15. The molecule has 0 aliphatic heterocycles. The Morgan fingerprint density at radius 2 is 1.55 bits per heavy atom. The Kier molecular flexibility index (Phi) is 4.98. The van der Waals surface area contributed by atoms with E-state index in [-0.39, 0.29) is 24.5 Å². The first-order valence-corrected chi connectivity index (χ1v) is 6.28. The summed E-state index contributed by atoms with van der Waals surface area (Å²) in [5, 5.41) is 2.42. The molecule has 7 heteroatoms. The minimum atomic E-state index is -1.12. The maximum Gasteiger partial charge on any atom is 0.251 e. The van der Waals surface area contributed by atoms with Gasteiger partial charge >= 0.3 is 0 Å². The average Bonchev–Trinajstić information content (AvgIpc) is 2.49. The van der Waals surface area contributed by atoms with Crippen LogP contribution in [-0.4, -0.2) is 19.1 Å². The zero-order chi connectivity index (χ0) is 16.1. The van der Waals surface area contributed by atoms with Gasteiger partial charge in [0.2, 0.25) is 0 Å². The molecule has 0 saturated carbocycles. The van der Waals surface area contributed by atoms with Gasteiger partial charge in [0.15, 0.2) is 23.3 Å². The predicted molar refractivity (Wildman–Crippen MR) is 70.5 cm³/mol. The third kappa shape index (κ3) is 3.97. The van der Waals surface area contributed by atoms with Crippen molar-refractivity contribution in [3.63, 3.8) is 0 Å². The van der Waals surface area contributed by atoms with E-state index in [0.29, 0.717) is 0 Å². The molecule has 1 N–H and O–H groups in total. The van der Waals surface area contributed by atoms with Crippen molar-refractivity contribution in [1.29, 1.82) is 0 Å². The Balaban J connectivity index is 1.81. The fraction of sp³-hybridized carbons (Fsp3) is 0.133. The van der Waals surface area contributed by atoms with Crippen molar-refractivity contribution in [2.75, 3.05) is 13.2 Å². The zero-order valence-electron chi connectivity index (χ0n) is 11.2. The number of carbonyl (C=O) groups is 1. The van der Waals surface area contributed by atoms with Crippen molar-refractivity contribution in [2.24, 2.45) is 0 Å². The van der Waals surface area contributed by atoms with E-state index in [9.17, 15) is 22.4 Å². The summed E-state index contributed by atoms with van der Waals surface area (Å²) in [5.74, 6) is -4.68. The molecule has 0 saturated heterocycles. The molecule has 2 rings (SSSR count). The average molecular weight is 313 g/mol. The van der Waals surface area contributed by atoms with E-state index in [0.717, 1.165) is 30.3 Å². The summed E-state index contributed by atoms with van der Waals surface area (Å²) in [6, 6.07) is 5.82. The molecule has 116 valence electrons. The van der Waals surface area contributed by atoms with Crippen LogP contribution in [0.3, 0.4) is 0 Å². The van der Waals surface area contributed by atoms with Crippen LogP contribution in [0.1, 0.15) is 10.4 Å². The van der Waals surface area contributed by atoms with Crippen molar-refractivity contribution >= 4 is 5.91 Å². The van der Waals surface area contributed by atoms with Crippen molar-refractivity contribution in [1.82, 2.24) is 5.32 Å². The van der Waals surface area contributed by atoms with Crippen LogP contribution in [0, 0.1) is 23.3 Å². The fourth-order valence-electron chi connectivity index (χ4n) is 1.64. The number of ether oxygens (including phenoxy) is 1. The molecule has 0 atom stereocenters. The fourth-order valence-corrected chi connectivity index (χ4v) is 1.64. The van der Waals surface area contributed by atoms with Gasteiger partial charge in [-0.15, -0.1) is 0 Å². The molecule has 3 nitrogen and oxygen atoms in total. The minimum absolute atomic E-state index is 0.000485. The molecule has 1 amide bonds. The highest BCUT2D eigenvalue weighted by Gasteiger charge is 2.09. The van der Waals surface area contributed by atoms with E-state index in [1.807, 2.05) is 0 Å². The Bertz CT molecular complexity index is 691. The summed E-state index contributed by atoms with van der Waals surface area (Å²) in [5.41, 5.74) is -0.0354. The third-order valence-corrected chi connectivity index (χ3v) is 2.73. The molecule has 0 aliphatic rings. The third-order valence-electron chi connectivity index (χ3n) is 2.73. The molecular formula is C15H11F4NO2. The molecule has 0 radical (unpaired) electrons. The van der Waals surface area contributed by atoms with Crippen molar-refractivity contribution in [2.45, 2.75) is 0 Å². The van der Waals surface area contributed by atoms with E-state index >= 15 is 0 Å². The Morgan fingerprint density at radius 3 is 2.18 bits per heavy atom. The van der Waals surface area contributed by atoms with Gasteiger partial charge in [-0.1, -0.05) is 0 Å². The smallest absolute Gasteiger partial charge is 0.251 e. The van der Waals surface area contributed by atoms with Crippen LogP contribution >= 0.6 is 0 Å². The molecule has 0 aliphatic carbocycles. The van der Waals surface area contributed by atoms with Crippen molar-refractivity contribution < 1.29 is 27.1 Å². The number of benzene rings is 2. The lowest BCUT2D eigenvalue weighted by atomic mass is 10.2. The second-order valence-corrected chi connectivity index (χ2v) is 4.31. The molecule has 0 spiro atoms. The van der Waals surface area contributed by atoms with Gasteiger partial charge in [0.05, 0.1) is 6.54 Å². The van der Waals surface area contributed by atoms with Crippen LogP contribution in [-0.2, 0) is 0 Å². The van der Waals surface area contributed by atoms with Crippen molar-refractivity contribution in [3.05, 3.63) is 65.2 Å². The second-order valence-electron chi connectivity index (χ2n) is 4.31. The number of hydrogen-bond donors (Lipinski definition) is 1. The van der Waals surface area contributed by atoms with Crippen LogP contribution in [0.4, 0.5) is 17.6 Å². The molecule has 0 aromatic heterocycles. The van der Waals surface area contributed by atoms with E-state index in [2.05, 4.69) is 5.32 Å². The summed E-state index contributed by atoms with van der Waals surface area (Å²) >= 11 is 0. The highest BCUT2D eigenvalue weighted by atomic mass is 19.2. The topological polar surface area (TPSA) is 38.3 Å². The monoisotopic (exact) mass is 313 g/mol. The summed E-state index contributed by atoms with van der Waals surface area (Å²) in [6.45, 7) is 0.0529. The largest absolute Gasteiger partial charge is 0.492 e. The quantitative estimate of drug-likeness (QED) is 0.680. The van der Waals surface area contributed by atoms with Gasteiger partial charge in [-0.25, -0.2) is 17.6 Å². The lowest BCUT2D eigenvalue weighted by molar-refractivity contribution is 0.0946. The Labute approximate surface area is 123 Å². The summed E-state index contributed by atoms with van der Waals surface area (Å²) < 4.78 is 56.4. The Hall–Kier alpha value is -2.57. The number of nitrogens with one attached hydrogen (secondary N) is 1. The number of carbonyl (C=O) groups excluding carboxylic acids is 1. The van der Waals surface area contributed by atoms with Crippen LogP contribution < -0.4 is 10.1 Å². The van der Waals surface area contributed by atoms with Gasteiger partial charge in [-0.05, 0) is 30.3 Å². The Morgan fingerprint density at radius 1 is 0.909 bits per heavy atom. The molecule has 0 fully saturated rings. The first-order chi connectivity index (χ1) is 10.5. The SMILES string of the molecule is O=C(NCCOc1ccc(F)c(F)c1)c1ccc(F)c(F)c1. The molecule has 0 heterocycles. The van der Waals surface area contributed by atoms with Crippen LogP contribution in [0.2, 0.25) is 0 Å². The van der Waals surface area contributed by atoms with Crippen LogP contribution in [0.5, 0.6) is 5.75 Å². The number of amides is 1. The van der Waals surface area contributed by atoms with Crippen molar-refractivity contribution in [3.8, 4) is 5.75 Å². The summed E-state index contributed by atoms with van der Waals surface area (Å²) in [7, 11) is 0. The maximum absolute atomic E-state index is 13.0. The number of hydrogen-bond acceptors (Lipinski definition) is 2. The van der Waals surface area contributed by atoms with Gasteiger partial charge < -0.3 is 10.1 Å². The standard InChI is InChI=1S/C15H11F4NO2/c16-11-3-1-9(7-13(11)18)15(21)20-5-6-22-10-2-4-12(17)14(19)8-10/h1-4,7-8H,5-6H2,(H,20,21). The minimum Gasteiger partial charge on any atom is -0.492 e. The van der Waals surface area contributed by atoms with E-state index in [1.54, 1.807) is 0 Å². The van der Waals surface area contributed by atoms with Gasteiger partial charge in [0, 0.05) is 11.6 Å². The molecule has 2 aromatic rings. The number of rotatable bonds is 5. The highest BCUT2D eigenvalue weighted by molar-refractivity contribution is 5.94. The summed E-state index contributed by atoms with van der Waals surface area (Å²) in [6.07, 6.45) is 0. The van der Waals surface area contributed by atoms with Crippen LogP contribution in [0.15, 0.2) is 36.4 Å². The van der Waals surface area contributed by atoms with E-state index in [1.165, 1.54) is 6.07 Å². The molecule has 0 bridgehead atoms. The van der Waals surface area contributed by atoms with Gasteiger partial charge in [-0.2, -0.15) is 0 Å². The van der Waals surface area contributed by atoms with E-state index < -0.39 is 29.2 Å².